The lowest BCUT2D eigenvalue weighted by molar-refractivity contribution is 0.249. The maximum absolute atomic E-state index is 9.90. The van der Waals surface area contributed by atoms with Gasteiger partial charge in [-0.25, -0.2) is 4.79 Å². The molecular formula is C3H6Cl2N2O. The largest absolute Gasteiger partial charge is 0.352 e. The third-order valence-electron chi connectivity index (χ3n) is 0.431. The summed E-state index contributed by atoms with van der Waals surface area (Å²) in [4.78, 5) is 9.32. The van der Waals surface area contributed by atoms with Crippen LogP contribution in [0.3, 0.4) is 0 Å². The van der Waals surface area contributed by atoms with E-state index in [1.165, 1.54) is 0 Å². The minimum Gasteiger partial charge on any atom is -0.352 e. The number of hydrogen-bond donors (Lipinski definition) is 2. The molecule has 0 unspecified atom stereocenters. The molecule has 0 saturated carbocycles. The molecule has 8 heavy (non-hydrogen) atoms. The number of alkyl halides is 2. The summed E-state index contributed by atoms with van der Waals surface area (Å²) in [6, 6.07) is -0.615. The zero-order chi connectivity index (χ0) is 6.57. The van der Waals surface area contributed by atoms with Crippen LogP contribution in [-0.2, 0) is 0 Å². The number of hydrogen-bond acceptors (Lipinski definition) is 1. The smallest absolute Gasteiger partial charge is 0.312 e. The van der Waals surface area contributed by atoms with Gasteiger partial charge in [-0.15, -0.1) is 23.2 Å². The number of amides is 2. The van der Waals surface area contributed by atoms with E-state index < -0.39 is 10.9 Å². The molecule has 5 heteroatoms. The molecule has 0 aliphatic carbocycles. The van der Waals surface area contributed by atoms with Crippen LogP contribution in [0.5, 0.6) is 0 Å². The van der Waals surface area contributed by atoms with E-state index in [0.717, 1.165) is 0 Å². The van der Waals surface area contributed by atoms with E-state index in [9.17, 15) is 4.79 Å². The van der Waals surface area contributed by atoms with Gasteiger partial charge in [0.25, 0.3) is 0 Å². The van der Waals surface area contributed by atoms with Gasteiger partial charge in [-0.1, -0.05) is 0 Å². The number of urea groups is 1. The van der Waals surface area contributed by atoms with E-state index in [0.29, 0.717) is 0 Å². The number of nitrogens with one attached hydrogen (secondary N) is 1. The first-order valence-electron chi connectivity index (χ1n) is 1.94. The van der Waals surface area contributed by atoms with Gasteiger partial charge < -0.3 is 11.1 Å². The number of nitrogens with two attached hydrogens (primary N) is 1. The van der Waals surface area contributed by atoms with Gasteiger partial charge in [-0.05, 0) is 0 Å². The average molecular weight is 157 g/mol. The Labute approximate surface area is 57.1 Å². The summed E-state index contributed by atoms with van der Waals surface area (Å²) in [7, 11) is 0. The Bertz CT molecular complexity index is 85.4. The monoisotopic (exact) mass is 156 g/mol. The second-order valence-electron chi connectivity index (χ2n) is 1.14. The van der Waals surface area contributed by atoms with Crippen molar-refractivity contribution in [1.82, 2.24) is 5.32 Å². The Balaban J connectivity index is 3.05. The fourth-order valence-corrected chi connectivity index (χ4v) is 0.332. The predicted molar refractivity (Wildman–Crippen MR) is 33.1 cm³/mol. The summed E-state index contributed by atoms with van der Waals surface area (Å²) < 4.78 is 0. The van der Waals surface area contributed by atoms with Crippen molar-refractivity contribution in [3.05, 3.63) is 0 Å². The van der Waals surface area contributed by atoms with Crippen molar-refractivity contribution >= 4 is 29.2 Å². The second kappa shape index (κ2) is 3.80. The highest BCUT2D eigenvalue weighted by Crippen LogP contribution is 1.97. The molecule has 0 saturated heterocycles. The van der Waals surface area contributed by atoms with Crippen LogP contribution in [0.25, 0.3) is 0 Å². The molecule has 2 amide bonds. The van der Waals surface area contributed by atoms with Crippen molar-refractivity contribution in [2.24, 2.45) is 5.73 Å². The quantitative estimate of drug-likeness (QED) is 0.562. The second-order valence-corrected chi connectivity index (χ2v) is 2.41. The molecule has 48 valence electrons. The number of primary amides is 1. The highest BCUT2D eigenvalue weighted by atomic mass is 35.5. The first-order chi connectivity index (χ1) is 3.63. The minimum absolute atomic E-state index is 0.193. The lowest BCUT2D eigenvalue weighted by Crippen LogP contribution is -2.32. The molecule has 0 rings (SSSR count). The standard InChI is InChI=1S/C3H6Cl2N2O/c4-2(5)1-7-3(6)8/h2H,1H2,(H3,6,7,8). The maximum Gasteiger partial charge on any atom is 0.312 e. The van der Waals surface area contributed by atoms with E-state index in [1.807, 2.05) is 0 Å². The third kappa shape index (κ3) is 5.85. The number of carbonyl (C=O) groups is 1. The topological polar surface area (TPSA) is 55.1 Å². The van der Waals surface area contributed by atoms with Crippen LogP contribution in [0.2, 0.25) is 0 Å². The van der Waals surface area contributed by atoms with Crippen molar-refractivity contribution in [3.8, 4) is 0 Å². The van der Waals surface area contributed by atoms with Gasteiger partial charge in [0.05, 0.1) is 0 Å². The third-order valence-corrected chi connectivity index (χ3v) is 0.739. The first-order valence-corrected chi connectivity index (χ1v) is 2.81. The lowest BCUT2D eigenvalue weighted by Gasteiger charge is -1.98. The van der Waals surface area contributed by atoms with Crippen LogP contribution in [0.4, 0.5) is 4.79 Å². The van der Waals surface area contributed by atoms with Crippen molar-refractivity contribution in [1.29, 1.82) is 0 Å². The molecule has 0 fully saturated rings. The van der Waals surface area contributed by atoms with Crippen LogP contribution in [-0.4, -0.2) is 17.4 Å². The molecule has 0 aromatic heterocycles. The highest BCUT2D eigenvalue weighted by molar-refractivity contribution is 6.44. The normalized spacial score (nSPS) is 9.38. The molecule has 0 radical (unpaired) electrons. The van der Waals surface area contributed by atoms with Crippen LogP contribution in [0.1, 0.15) is 0 Å². The molecule has 3 N–H and O–H groups in total. The lowest BCUT2D eigenvalue weighted by atomic mass is 10.7. The van der Waals surface area contributed by atoms with E-state index >= 15 is 0 Å². The van der Waals surface area contributed by atoms with Gasteiger partial charge in [-0.2, -0.15) is 0 Å². The molecule has 0 heterocycles. The Morgan fingerprint density at radius 1 is 1.75 bits per heavy atom. The Hall–Kier alpha value is -0.150. The summed E-state index contributed by atoms with van der Waals surface area (Å²) in [6.07, 6.45) is 0. The predicted octanol–water partition coefficient (Wildman–Crippen LogP) is 0.458. The maximum atomic E-state index is 9.90. The van der Waals surface area contributed by atoms with Gasteiger partial charge in [0.2, 0.25) is 0 Å². The highest BCUT2D eigenvalue weighted by Gasteiger charge is 1.97. The summed E-state index contributed by atoms with van der Waals surface area (Å²) in [5.74, 6) is 0. The van der Waals surface area contributed by atoms with Gasteiger partial charge >= 0.3 is 6.03 Å². The van der Waals surface area contributed by atoms with Crippen LogP contribution < -0.4 is 11.1 Å². The van der Waals surface area contributed by atoms with Gasteiger partial charge in [0, 0.05) is 6.54 Å². The van der Waals surface area contributed by atoms with Crippen LogP contribution >= 0.6 is 23.2 Å². The molecule has 0 aliphatic rings. The zero-order valence-corrected chi connectivity index (χ0v) is 5.54. The number of rotatable bonds is 2. The molecule has 0 spiro atoms. The summed E-state index contributed by atoms with van der Waals surface area (Å²) in [5.41, 5.74) is 4.67. The van der Waals surface area contributed by atoms with Crippen LogP contribution in [0, 0.1) is 0 Å². The SMILES string of the molecule is NC(=O)NCC(Cl)Cl. The van der Waals surface area contributed by atoms with E-state index in [4.69, 9.17) is 23.2 Å². The van der Waals surface area contributed by atoms with Crippen molar-refractivity contribution in [2.75, 3.05) is 6.54 Å². The zero-order valence-electron chi connectivity index (χ0n) is 4.03. The molecular weight excluding hydrogens is 151 g/mol. The summed E-state index contributed by atoms with van der Waals surface area (Å²) in [5, 5.41) is 2.22. The summed E-state index contributed by atoms with van der Waals surface area (Å²) >= 11 is 10.4. The van der Waals surface area contributed by atoms with Crippen molar-refractivity contribution in [3.63, 3.8) is 0 Å². The van der Waals surface area contributed by atoms with Gasteiger partial charge in [0.15, 0.2) is 0 Å². The number of halogens is 2. The fourth-order valence-electron chi connectivity index (χ4n) is 0.178. The molecule has 0 aliphatic heterocycles. The minimum atomic E-state index is -0.615. The van der Waals surface area contributed by atoms with E-state index in [1.54, 1.807) is 0 Å². The fraction of sp³-hybridized carbons (Fsp3) is 0.667. The summed E-state index contributed by atoms with van der Waals surface area (Å²) in [6.45, 7) is 0.193. The molecule has 0 aromatic carbocycles. The number of carbonyl (C=O) groups excluding carboxylic acids is 1. The molecule has 3 nitrogen and oxygen atoms in total. The first kappa shape index (κ1) is 7.85. The van der Waals surface area contributed by atoms with Gasteiger partial charge in [0.1, 0.15) is 4.84 Å². The Kier molecular flexibility index (Phi) is 3.73. The average Bonchev–Trinajstić information content (AvgIpc) is 1.61. The van der Waals surface area contributed by atoms with E-state index in [-0.39, 0.29) is 6.54 Å². The van der Waals surface area contributed by atoms with Crippen molar-refractivity contribution in [2.45, 2.75) is 4.84 Å². The Morgan fingerprint density at radius 2 is 2.25 bits per heavy atom. The van der Waals surface area contributed by atoms with E-state index in [2.05, 4.69) is 11.1 Å². The van der Waals surface area contributed by atoms with Crippen molar-refractivity contribution < 1.29 is 4.79 Å². The van der Waals surface area contributed by atoms with Crippen LogP contribution in [0.15, 0.2) is 0 Å². The Morgan fingerprint density at radius 3 is 2.38 bits per heavy atom. The molecule has 0 bridgehead atoms. The molecule has 0 aromatic rings. The molecule has 0 atom stereocenters. The van der Waals surface area contributed by atoms with Gasteiger partial charge in [-0.3, -0.25) is 0 Å².